The Morgan fingerprint density at radius 3 is 2.77 bits per heavy atom. The molecule has 1 unspecified atom stereocenters. The number of anilines is 1. The zero-order valence-electron chi connectivity index (χ0n) is 13.5. The van der Waals surface area contributed by atoms with Crippen LogP contribution in [0.3, 0.4) is 0 Å². The lowest BCUT2D eigenvalue weighted by atomic mass is 9.90. The van der Waals surface area contributed by atoms with Gasteiger partial charge in [-0.15, -0.1) is 0 Å². The number of carbonyl (C=O) groups excluding carboxylic acids is 1. The topological polar surface area (TPSA) is 81.1 Å². The average Bonchev–Trinajstić information content (AvgIpc) is 2.93. The minimum Gasteiger partial charge on any atom is -0.311 e. The molecule has 0 aromatic carbocycles. The van der Waals surface area contributed by atoms with Crippen LogP contribution in [-0.2, 0) is 14.6 Å². The summed E-state index contributed by atoms with van der Waals surface area (Å²) in [4.78, 5) is 12.0. The maximum Gasteiger partial charge on any atom is 0.225 e. The van der Waals surface area contributed by atoms with Crippen LogP contribution in [0.1, 0.15) is 52.5 Å². The van der Waals surface area contributed by atoms with Gasteiger partial charge in [-0.1, -0.05) is 20.8 Å². The first-order valence-corrected chi connectivity index (χ1v) is 9.52. The Bertz CT molecular complexity index is 629. The second kappa shape index (κ2) is 6.40. The number of nitrogens with zero attached hydrogens (tertiary/aromatic N) is 2. The smallest absolute Gasteiger partial charge is 0.225 e. The van der Waals surface area contributed by atoms with Gasteiger partial charge in [0, 0.05) is 12.5 Å². The molecule has 6 nitrogen and oxygen atoms in total. The molecule has 0 spiro atoms. The van der Waals surface area contributed by atoms with E-state index in [1.165, 1.54) is 0 Å². The predicted molar refractivity (Wildman–Crippen MR) is 86.5 cm³/mol. The van der Waals surface area contributed by atoms with Gasteiger partial charge in [0.25, 0.3) is 0 Å². The van der Waals surface area contributed by atoms with Gasteiger partial charge in [-0.05, 0) is 24.7 Å². The summed E-state index contributed by atoms with van der Waals surface area (Å²) in [7, 11) is -2.97. The molecule has 1 saturated heterocycles. The summed E-state index contributed by atoms with van der Waals surface area (Å²) >= 11 is 0. The quantitative estimate of drug-likeness (QED) is 0.900. The van der Waals surface area contributed by atoms with Crippen LogP contribution in [0.4, 0.5) is 5.82 Å². The van der Waals surface area contributed by atoms with E-state index in [9.17, 15) is 13.2 Å². The number of carbonyl (C=O) groups is 1. The minimum atomic E-state index is -2.97. The Morgan fingerprint density at radius 1 is 1.45 bits per heavy atom. The molecule has 1 aromatic heterocycles. The molecule has 7 heteroatoms. The van der Waals surface area contributed by atoms with Gasteiger partial charge in [-0.25, -0.2) is 13.1 Å². The normalized spacial score (nSPS) is 21.0. The highest BCUT2D eigenvalue weighted by molar-refractivity contribution is 7.91. The van der Waals surface area contributed by atoms with Crippen LogP contribution < -0.4 is 5.32 Å². The Balaban J connectivity index is 1.91. The Morgan fingerprint density at radius 2 is 2.18 bits per heavy atom. The molecule has 0 aliphatic carbocycles. The summed E-state index contributed by atoms with van der Waals surface area (Å²) in [5.41, 5.74) is 0.222. The van der Waals surface area contributed by atoms with Crippen LogP contribution in [0.2, 0.25) is 0 Å². The number of amides is 1. The zero-order valence-corrected chi connectivity index (χ0v) is 14.3. The molecule has 1 fully saturated rings. The lowest BCUT2D eigenvalue weighted by molar-refractivity contribution is -0.116. The summed E-state index contributed by atoms with van der Waals surface area (Å²) in [6.07, 6.45) is 4.43. The summed E-state index contributed by atoms with van der Waals surface area (Å²) in [5.74, 6) is 0.827. The standard InChI is InChI=1S/C15H25N3O3S/c1-15(2,3)8-4-5-14(19)17-13-6-9-16-18(13)12-7-10-22(20,21)11-12/h6,9,12H,4-5,7-8,10-11H2,1-3H3,(H,17,19). The van der Waals surface area contributed by atoms with Crippen LogP contribution >= 0.6 is 0 Å². The highest BCUT2D eigenvalue weighted by Crippen LogP contribution is 2.26. The van der Waals surface area contributed by atoms with Crippen LogP contribution in [0.25, 0.3) is 0 Å². The number of sulfone groups is 1. The molecule has 1 N–H and O–H groups in total. The molecule has 1 aliphatic heterocycles. The van der Waals surface area contributed by atoms with Gasteiger partial charge in [-0.2, -0.15) is 5.10 Å². The van der Waals surface area contributed by atoms with E-state index < -0.39 is 9.84 Å². The Labute approximate surface area is 132 Å². The van der Waals surface area contributed by atoms with Crippen molar-refractivity contribution in [3.8, 4) is 0 Å². The fraction of sp³-hybridized carbons (Fsp3) is 0.733. The van der Waals surface area contributed by atoms with Crippen molar-refractivity contribution in [3.63, 3.8) is 0 Å². The van der Waals surface area contributed by atoms with E-state index in [0.717, 1.165) is 12.8 Å². The van der Waals surface area contributed by atoms with Crippen molar-refractivity contribution in [2.24, 2.45) is 5.41 Å². The fourth-order valence-electron chi connectivity index (χ4n) is 2.66. The van der Waals surface area contributed by atoms with Crippen molar-refractivity contribution in [2.75, 3.05) is 16.8 Å². The second-order valence-corrected chi connectivity index (χ2v) is 9.41. The fourth-order valence-corrected chi connectivity index (χ4v) is 4.35. The van der Waals surface area contributed by atoms with Gasteiger partial charge in [0.2, 0.25) is 5.91 Å². The number of aromatic nitrogens is 2. The molecule has 1 atom stereocenters. The van der Waals surface area contributed by atoms with Crippen molar-refractivity contribution in [3.05, 3.63) is 12.3 Å². The third kappa shape index (κ3) is 4.83. The molecule has 2 heterocycles. The number of hydrogen-bond donors (Lipinski definition) is 1. The number of nitrogens with one attached hydrogen (secondary N) is 1. The summed E-state index contributed by atoms with van der Waals surface area (Å²) in [5, 5.41) is 7.02. The molecule has 0 radical (unpaired) electrons. The Hall–Kier alpha value is -1.37. The number of hydrogen-bond acceptors (Lipinski definition) is 4. The second-order valence-electron chi connectivity index (χ2n) is 7.18. The highest BCUT2D eigenvalue weighted by atomic mass is 32.2. The molecular weight excluding hydrogens is 302 g/mol. The van der Waals surface area contributed by atoms with Gasteiger partial charge < -0.3 is 5.32 Å². The van der Waals surface area contributed by atoms with Crippen molar-refractivity contribution in [2.45, 2.75) is 52.5 Å². The van der Waals surface area contributed by atoms with Gasteiger partial charge in [-0.3, -0.25) is 4.79 Å². The first-order valence-electron chi connectivity index (χ1n) is 7.70. The van der Waals surface area contributed by atoms with Gasteiger partial charge in [0.15, 0.2) is 9.84 Å². The molecule has 0 bridgehead atoms. The summed E-state index contributed by atoms with van der Waals surface area (Å²) < 4.78 is 24.8. The van der Waals surface area contributed by atoms with Crippen LogP contribution in [0, 0.1) is 5.41 Å². The van der Waals surface area contributed by atoms with E-state index in [-0.39, 0.29) is 28.9 Å². The van der Waals surface area contributed by atoms with E-state index in [1.807, 2.05) is 0 Å². The van der Waals surface area contributed by atoms with Gasteiger partial charge >= 0.3 is 0 Å². The van der Waals surface area contributed by atoms with Crippen molar-refractivity contribution in [1.29, 1.82) is 0 Å². The lowest BCUT2D eigenvalue weighted by Gasteiger charge is -2.17. The molecule has 0 saturated carbocycles. The SMILES string of the molecule is CC(C)(C)CCCC(=O)Nc1ccnn1C1CCS(=O)(=O)C1. The zero-order chi connectivity index (χ0) is 16.4. The molecule has 22 heavy (non-hydrogen) atoms. The van der Waals surface area contributed by atoms with E-state index in [0.29, 0.717) is 18.7 Å². The monoisotopic (exact) mass is 327 g/mol. The van der Waals surface area contributed by atoms with E-state index >= 15 is 0 Å². The maximum atomic E-state index is 12.0. The number of rotatable bonds is 5. The van der Waals surface area contributed by atoms with E-state index in [1.54, 1.807) is 16.9 Å². The first kappa shape index (κ1) is 17.0. The summed E-state index contributed by atoms with van der Waals surface area (Å²) in [6.45, 7) is 6.46. The van der Waals surface area contributed by atoms with Crippen molar-refractivity contribution >= 4 is 21.6 Å². The molecule has 1 aromatic rings. The van der Waals surface area contributed by atoms with Crippen LogP contribution in [0.15, 0.2) is 12.3 Å². The highest BCUT2D eigenvalue weighted by Gasteiger charge is 2.30. The largest absolute Gasteiger partial charge is 0.311 e. The molecule has 1 aliphatic rings. The summed E-state index contributed by atoms with van der Waals surface area (Å²) in [6, 6.07) is 1.54. The third-order valence-electron chi connectivity index (χ3n) is 3.82. The third-order valence-corrected chi connectivity index (χ3v) is 5.57. The Kier molecular flexibility index (Phi) is 4.94. The van der Waals surface area contributed by atoms with E-state index in [4.69, 9.17) is 0 Å². The van der Waals surface area contributed by atoms with Crippen LogP contribution in [-0.4, -0.2) is 35.6 Å². The van der Waals surface area contributed by atoms with Gasteiger partial charge in [0.1, 0.15) is 5.82 Å². The average molecular weight is 327 g/mol. The van der Waals surface area contributed by atoms with E-state index in [2.05, 4.69) is 31.2 Å². The van der Waals surface area contributed by atoms with Crippen molar-refractivity contribution < 1.29 is 13.2 Å². The van der Waals surface area contributed by atoms with Crippen molar-refractivity contribution in [1.82, 2.24) is 9.78 Å². The lowest BCUT2D eigenvalue weighted by Crippen LogP contribution is -2.19. The van der Waals surface area contributed by atoms with Gasteiger partial charge in [0.05, 0.1) is 23.7 Å². The molecular formula is C15H25N3O3S. The first-order chi connectivity index (χ1) is 10.2. The van der Waals surface area contributed by atoms with Crippen LogP contribution in [0.5, 0.6) is 0 Å². The maximum absolute atomic E-state index is 12.0. The molecule has 124 valence electrons. The predicted octanol–water partition coefficient (Wildman–Crippen LogP) is 2.40. The molecule has 2 rings (SSSR count). The molecule has 1 amide bonds. The minimum absolute atomic E-state index is 0.0492.